The molecule has 10 nitrogen and oxygen atoms in total. The van der Waals surface area contributed by atoms with Crippen LogP contribution in [0.1, 0.15) is 76.1 Å². The summed E-state index contributed by atoms with van der Waals surface area (Å²) in [6.07, 6.45) is 6.45. The monoisotopic (exact) mass is 558 g/mol. The van der Waals surface area contributed by atoms with Gasteiger partial charge in [0.05, 0.1) is 12.5 Å². The summed E-state index contributed by atoms with van der Waals surface area (Å²) in [5.74, 6) is -0.0439. The van der Waals surface area contributed by atoms with Gasteiger partial charge in [0.2, 0.25) is 18.2 Å². The van der Waals surface area contributed by atoms with Crippen molar-refractivity contribution in [1.82, 2.24) is 20.2 Å². The fourth-order valence-electron chi connectivity index (χ4n) is 5.59. The van der Waals surface area contributed by atoms with Crippen molar-refractivity contribution in [3.63, 3.8) is 0 Å². The molecule has 1 heterocycles. The minimum Gasteiger partial charge on any atom is -0.490 e. The summed E-state index contributed by atoms with van der Waals surface area (Å²) in [5, 5.41) is 13.3. The lowest BCUT2D eigenvalue weighted by atomic mass is 9.84. The van der Waals surface area contributed by atoms with Gasteiger partial charge in [-0.3, -0.25) is 24.4 Å². The maximum absolute atomic E-state index is 13.7. The third-order valence-corrected chi connectivity index (χ3v) is 7.96. The van der Waals surface area contributed by atoms with E-state index in [0.717, 1.165) is 25.7 Å². The summed E-state index contributed by atoms with van der Waals surface area (Å²) in [6.45, 7) is 6.68. The lowest BCUT2D eigenvalue weighted by molar-refractivity contribution is -0.156. The van der Waals surface area contributed by atoms with E-state index in [1.807, 2.05) is 20.8 Å². The molecule has 1 aliphatic carbocycles. The fraction of sp³-hybridized carbons (Fsp3) is 0.667. The number of hydroxylamine groups is 2. The summed E-state index contributed by atoms with van der Waals surface area (Å²) in [6, 6.07) is 6.34. The molecule has 0 spiro atoms. The summed E-state index contributed by atoms with van der Waals surface area (Å²) >= 11 is 0. The third-order valence-electron chi connectivity index (χ3n) is 7.96. The molecule has 2 atom stereocenters. The zero-order valence-corrected chi connectivity index (χ0v) is 24.6. The smallest absolute Gasteiger partial charge is 0.253 e. The number of rotatable bonds is 11. The van der Waals surface area contributed by atoms with E-state index in [2.05, 4.69) is 5.32 Å². The number of carbonyl (C=O) groups is 4. The molecular weight excluding hydrogens is 512 g/mol. The van der Waals surface area contributed by atoms with Gasteiger partial charge >= 0.3 is 0 Å². The summed E-state index contributed by atoms with van der Waals surface area (Å²) in [5.41, 5.74) is 0.0594. The van der Waals surface area contributed by atoms with E-state index in [1.165, 1.54) is 4.90 Å². The molecule has 1 saturated heterocycles. The molecule has 2 N–H and O–H groups in total. The summed E-state index contributed by atoms with van der Waals surface area (Å²) in [7, 11) is 3.42. The van der Waals surface area contributed by atoms with Gasteiger partial charge in [-0.1, -0.05) is 46.5 Å². The van der Waals surface area contributed by atoms with Crippen LogP contribution in [0.4, 0.5) is 0 Å². The number of nitrogens with one attached hydrogen (secondary N) is 1. The van der Waals surface area contributed by atoms with E-state index in [9.17, 15) is 24.4 Å². The molecule has 10 heteroatoms. The molecule has 0 bridgehead atoms. The third kappa shape index (κ3) is 8.68. The Bertz CT molecular complexity index is 1010. The summed E-state index contributed by atoms with van der Waals surface area (Å²) in [4.78, 5) is 53.6. The van der Waals surface area contributed by atoms with Gasteiger partial charge in [0.15, 0.2) is 0 Å². The average molecular weight is 559 g/mol. The predicted octanol–water partition coefficient (Wildman–Crippen LogP) is 3.33. The first-order valence-electron chi connectivity index (χ1n) is 14.4. The highest BCUT2D eigenvalue weighted by atomic mass is 16.5. The number of hydrogen-bond donors (Lipinski definition) is 2. The first-order chi connectivity index (χ1) is 18.9. The Morgan fingerprint density at radius 1 is 1.07 bits per heavy atom. The van der Waals surface area contributed by atoms with E-state index in [-0.39, 0.29) is 30.4 Å². The van der Waals surface area contributed by atoms with Crippen molar-refractivity contribution in [2.75, 3.05) is 33.7 Å². The quantitative estimate of drug-likeness (QED) is 0.244. The van der Waals surface area contributed by atoms with Crippen molar-refractivity contribution >= 4 is 24.1 Å². The Kier molecular flexibility index (Phi) is 11.0. The zero-order chi connectivity index (χ0) is 29.4. The van der Waals surface area contributed by atoms with Crippen LogP contribution < -0.4 is 10.1 Å². The Morgan fingerprint density at radius 3 is 2.20 bits per heavy atom. The van der Waals surface area contributed by atoms with Crippen molar-refractivity contribution in [3.05, 3.63) is 29.8 Å². The second kappa shape index (κ2) is 14.0. The SMILES string of the molecule is CN(C)C(=O)c1ccc(OC2CCN(C(=O)[C@@H](NC(=O)[C@H](CC3CCCC3)CN(O)C=O)C(C)(C)C)CC2)cc1. The number of ether oxygens (including phenoxy) is 1. The van der Waals surface area contributed by atoms with Crippen LogP contribution in [-0.4, -0.2) is 90.1 Å². The minimum atomic E-state index is -0.742. The van der Waals surface area contributed by atoms with Crippen LogP contribution >= 0.6 is 0 Å². The van der Waals surface area contributed by atoms with Crippen molar-refractivity contribution in [3.8, 4) is 5.75 Å². The number of hydrogen-bond acceptors (Lipinski definition) is 6. The van der Waals surface area contributed by atoms with Gasteiger partial charge in [-0.25, -0.2) is 5.06 Å². The van der Waals surface area contributed by atoms with Crippen molar-refractivity contribution < 1.29 is 29.1 Å². The molecule has 1 aromatic rings. The molecule has 0 radical (unpaired) electrons. The molecule has 1 saturated carbocycles. The standard InChI is InChI=1S/C30H46N4O6/c1-30(2,3)26(31-27(36)23(19-34(39)20-35)18-21-8-6-7-9-21)29(38)33-16-14-25(15-17-33)40-24-12-10-22(11-13-24)28(37)32(4)5/h10-13,20-21,23,25-26,39H,6-9,14-19H2,1-5H3,(H,31,36)/t23-,26-/m1/s1. The average Bonchev–Trinajstić information content (AvgIpc) is 3.43. The van der Waals surface area contributed by atoms with E-state index in [0.29, 0.717) is 61.1 Å². The van der Waals surface area contributed by atoms with Gasteiger partial charge in [-0.2, -0.15) is 0 Å². The Balaban J connectivity index is 1.59. The molecule has 0 unspecified atom stereocenters. The van der Waals surface area contributed by atoms with E-state index in [1.54, 1.807) is 43.3 Å². The van der Waals surface area contributed by atoms with Gasteiger partial charge in [0.1, 0.15) is 17.9 Å². The van der Waals surface area contributed by atoms with Crippen LogP contribution in [0.5, 0.6) is 5.75 Å². The van der Waals surface area contributed by atoms with Gasteiger partial charge in [-0.15, -0.1) is 0 Å². The van der Waals surface area contributed by atoms with Crippen LogP contribution in [0.3, 0.4) is 0 Å². The van der Waals surface area contributed by atoms with E-state index in [4.69, 9.17) is 4.74 Å². The predicted molar refractivity (Wildman–Crippen MR) is 151 cm³/mol. The number of amides is 4. The summed E-state index contributed by atoms with van der Waals surface area (Å²) < 4.78 is 6.12. The highest BCUT2D eigenvalue weighted by Crippen LogP contribution is 2.31. The number of benzene rings is 1. The van der Waals surface area contributed by atoms with Gasteiger partial charge in [0, 0.05) is 45.6 Å². The second-order valence-corrected chi connectivity index (χ2v) is 12.5. The fourth-order valence-corrected chi connectivity index (χ4v) is 5.59. The molecule has 2 aliphatic rings. The lowest BCUT2D eigenvalue weighted by Gasteiger charge is -2.39. The van der Waals surface area contributed by atoms with Crippen molar-refractivity contribution in [2.24, 2.45) is 17.3 Å². The first-order valence-corrected chi connectivity index (χ1v) is 14.4. The molecule has 222 valence electrons. The van der Waals surface area contributed by atoms with Crippen LogP contribution in [-0.2, 0) is 14.4 Å². The van der Waals surface area contributed by atoms with Crippen LogP contribution in [0.25, 0.3) is 0 Å². The highest BCUT2D eigenvalue weighted by molar-refractivity contribution is 5.94. The van der Waals surface area contributed by atoms with Gasteiger partial charge in [0.25, 0.3) is 5.91 Å². The Hall–Kier alpha value is -3.14. The Morgan fingerprint density at radius 2 is 1.68 bits per heavy atom. The zero-order valence-electron chi connectivity index (χ0n) is 24.6. The first kappa shape index (κ1) is 31.4. The second-order valence-electron chi connectivity index (χ2n) is 12.5. The maximum atomic E-state index is 13.7. The maximum Gasteiger partial charge on any atom is 0.253 e. The van der Waals surface area contributed by atoms with Gasteiger partial charge in [-0.05, 0) is 42.0 Å². The number of piperidine rings is 1. The lowest BCUT2D eigenvalue weighted by Crippen LogP contribution is -2.58. The highest BCUT2D eigenvalue weighted by Gasteiger charge is 2.39. The largest absolute Gasteiger partial charge is 0.490 e. The normalized spacial score (nSPS) is 18.1. The minimum absolute atomic E-state index is 0.0585. The topological polar surface area (TPSA) is 119 Å². The number of carbonyl (C=O) groups excluding carboxylic acids is 4. The van der Waals surface area contributed by atoms with Crippen LogP contribution in [0.15, 0.2) is 24.3 Å². The molecule has 4 amide bonds. The molecular formula is C30H46N4O6. The molecule has 1 aliphatic heterocycles. The van der Waals surface area contributed by atoms with Crippen molar-refractivity contribution in [2.45, 2.75) is 77.9 Å². The van der Waals surface area contributed by atoms with E-state index < -0.39 is 17.4 Å². The molecule has 40 heavy (non-hydrogen) atoms. The molecule has 2 fully saturated rings. The van der Waals surface area contributed by atoms with Gasteiger partial charge < -0.3 is 19.9 Å². The molecule has 0 aromatic heterocycles. The van der Waals surface area contributed by atoms with Crippen LogP contribution in [0, 0.1) is 17.3 Å². The molecule has 3 rings (SSSR count). The number of likely N-dealkylation sites (tertiary alicyclic amines) is 1. The van der Waals surface area contributed by atoms with E-state index >= 15 is 0 Å². The number of nitrogens with zero attached hydrogens (tertiary/aromatic N) is 3. The van der Waals surface area contributed by atoms with Crippen molar-refractivity contribution in [1.29, 1.82) is 0 Å². The van der Waals surface area contributed by atoms with Crippen LogP contribution in [0.2, 0.25) is 0 Å². The molecule has 1 aromatic carbocycles. The Labute approximate surface area is 238 Å².